The molecule has 0 fully saturated rings. The molecule has 0 saturated carbocycles. The van der Waals surface area contributed by atoms with Crippen LogP contribution in [0.15, 0.2) is 54.6 Å². The Balaban J connectivity index is 1.44. The summed E-state index contributed by atoms with van der Waals surface area (Å²) in [5.41, 5.74) is 4.68. The Morgan fingerprint density at radius 3 is 2.61 bits per heavy atom. The molecule has 0 saturated heterocycles. The van der Waals surface area contributed by atoms with Crippen LogP contribution in [0.1, 0.15) is 15.4 Å². The van der Waals surface area contributed by atoms with Crippen LogP contribution in [-0.4, -0.2) is 29.4 Å². The van der Waals surface area contributed by atoms with Crippen LogP contribution in [0.4, 0.5) is 4.39 Å². The van der Waals surface area contributed by atoms with Gasteiger partial charge in [-0.15, -0.1) is 11.3 Å². The summed E-state index contributed by atoms with van der Waals surface area (Å²) in [7, 11) is 0. The number of ether oxygens (including phenoxy) is 1. The van der Waals surface area contributed by atoms with Crippen molar-refractivity contribution in [1.29, 1.82) is 0 Å². The smallest absolute Gasteiger partial charge is 0.331 e. The van der Waals surface area contributed by atoms with E-state index < -0.39 is 30.2 Å². The number of aromatic nitrogens is 1. The van der Waals surface area contributed by atoms with Crippen LogP contribution < -0.4 is 10.9 Å². The number of hydrazine groups is 1. The Hall–Kier alpha value is -3.59. The molecule has 9 heteroatoms. The van der Waals surface area contributed by atoms with Gasteiger partial charge in [0.1, 0.15) is 10.8 Å². The monoisotopic (exact) mass is 399 g/mol. The van der Waals surface area contributed by atoms with E-state index in [0.717, 1.165) is 22.4 Å². The van der Waals surface area contributed by atoms with Crippen LogP contribution in [0.2, 0.25) is 0 Å². The molecule has 1 aromatic heterocycles. The number of para-hydroxylation sites is 1. The zero-order valence-electron chi connectivity index (χ0n) is 14.3. The molecule has 7 nitrogen and oxygen atoms in total. The number of hydrogen-bond acceptors (Lipinski definition) is 6. The highest BCUT2D eigenvalue weighted by molar-refractivity contribution is 7.19. The molecule has 2 aromatic carbocycles. The van der Waals surface area contributed by atoms with Crippen molar-refractivity contribution in [3.05, 3.63) is 71.0 Å². The molecule has 0 aliphatic carbocycles. The minimum absolute atomic E-state index is 0.224. The number of thiazole rings is 1. The fraction of sp³-hybridized carbons (Fsp3) is 0.0526. The standard InChI is InChI=1S/C19H14FN3O4S/c20-13-6-2-1-5-12(13)19(26)23-22-16(24)11-27-18(25)10-9-17-21-14-7-3-4-8-15(14)28-17/h1-10H,11H2,(H,22,24)(H,23,26)/b10-9+. The predicted octanol–water partition coefficient (Wildman–Crippen LogP) is 2.45. The second-order valence-electron chi connectivity index (χ2n) is 5.44. The number of halogens is 1. The molecule has 2 N–H and O–H groups in total. The van der Waals surface area contributed by atoms with Gasteiger partial charge in [-0.25, -0.2) is 14.2 Å². The van der Waals surface area contributed by atoms with Crippen LogP contribution in [0.25, 0.3) is 16.3 Å². The number of amides is 2. The molecule has 0 radical (unpaired) electrons. The first-order valence-corrected chi connectivity index (χ1v) is 8.89. The molecule has 1 heterocycles. The lowest BCUT2D eigenvalue weighted by molar-refractivity contribution is -0.144. The van der Waals surface area contributed by atoms with Crippen molar-refractivity contribution in [2.45, 2.75) is 0 Å². The van der Waals surface area contributed by atoms with Crippen molar-refractivity contribution >= 4 is 45.4 Å². The molecule has 0 aliphatic rings. The largest absolute Gasteiger partial charge is 0.452 e. The van der Waals surface area contributed by atoms with E-state index in [1.165, 1.54) is 35.6 Å². The number of hydrogen-bond donors (Lipinski definition) is 2. The van der Waals surface area contributed by atoms with Gasteiger partial charge in [-0.3, -0.25) is 20.4 Å². The third kappa shape index (κ3) is 4.98. The van der Waals surface area contributed by atoms with E-state index in [-0.39, 0.29) is 5.56 Å². The summed E-state index contributed by atoms with van der Waals surface area (Å²) < 4.78 is 19.2. The number of benzene rings is 2. The molecular formula is C19H14FN3O4S. The molecule has 0 bridgehead atoms. The number of carbonyl (C=O) groups is 3. The molecule has 0 atom stereocenters. The molecular weight excluding hydrogens is 385 g/mol. The zero-order chi connectivity index (χ0) is 19.9. The van der Waals surface area contributed by atoms with E-state index in [1.54, 1.807) is 0 Å². The van der Waals surface area contributed by atoms with Crippen molar-refractivity contribution in [3.8, 4) is 0 Å². The van der Waals surface area contributed by atoms with Crippen molar-refractivity contribution in [1.82, 2.24) is 15.8 Å². The van der Waals surface area contributed by atoms with Crippen molar-refractivity contribution in [2.24, 2.45) is 0 Å². The molecule has 0 spiro atoms. The number of rotatable bonds is 5. The van der Waals surface area contributed by atoms with Gasteiger partial charge in [-0.2, -0.15) is 0 Å². The van der Waals surface area contributed by atoms with Crippen molar-refractivity contribution in [3.63, 3.8) is 0 Å². The van der Waals surface area contributed by atoms with Gasteiger partial charge in [-0.05, 0) is 30.3 Å². The molecule has 2 amide bonds. The number of esters is 1. The average molecular weight is 399 g/mol. The lowest BCUT2D eigenvalue weighted by Crippen LogP contribution is -2.43. The van der Waals surface area contributed by atoms with Crippen LogP contribution in [-0.2, 0) is 14.3 Å². The van der Waals surface area contributed by atoms with E-state index in [1.807, 2.05) is 35.1 Å². The lowest BCUT2D eigenvalue weighted by atomic mass is 10.2. The lowest BCUT2D eigenvalue weighted by Gasteiger charge is -2.07. The van der Waals surface area contributed by atoms with Crippen LogP contribution >= 0.6 is 11.3 Å². The Morgan fingerprint density at radius 2 is 1.82 bits per heavy atom. The minimum Gasteiger partial charge on any atom is -0.452 e. The summed E-state index contributed by atoms with van der Waals surface area (Å²) in [5.74, 6) is -3.06. The van der Waals surface area contributed by atoms with E-state index in [2.05, 4.69) is 4.98 Å². The maximum atomic E-state index is 13.5. The SMILES string of the molecule is O=C(COC(=O)/C=C/c1nc2ccccc2s1)NNC(=O)c1ccccc1F. The summed E-state index contributed by atoms with van der Waals surface area (Å²) in [5, 5.41) is 0.625. The Bertz CT molecular complexity index is 1030. The summed E-state index contributed by atoms with van der Waals surface area (Å²) in [6.07, 6.45) is 2.65. The van der Waals surface area contributed by atoms with Gasteiger partial charge in [0, 0.05) is 6.08 Å². The van der Waals surface area contributed by atoms with Gasteiger partial charge >= 0.3 is 5.97 Å². The molecule has 0 aliphatic heterocycles. The van der Waals surface area contributed by atoms with E-state index in [0.29, 0.717) is 5.01 Å². The summed E-state index contributed by atoms with van der Waals surface area (Å²) in [6, 6.07) is 12.9. The highest BCUT2D eigenvalue weighted by Crippen LogP contribution is 2.22. The van der Waals surface area contributed by atoms with E-state index >= 15 is 0 Å². The van der Waals surface area contributed by atoms with Gasteiger partial charge in [0.2, 0.25) is 0 Å². The second-order valence-corrected chi connectivity index (χ2v) is 6.51. The number of fused-ring (bicyclic) bond motifs is 1. The highest BCUT2D eigenvalue weighted by atomic mass is 32.1. The van der Waals surface area contributed by atoms with Gasteiger partial charge in [0.05, 0.1) is 15.8 Å². The Kier molecular flexibility index (Phi) is 6.07. The number of carbonyl (C=O) groups excluding carboxylic acids is 3. The Labute approximate surface area is 162 Å². The molecule has 28 heavy (non-hydrogen) atoms. The normalized spacial score (nSPS) is 10.8. The summed E-state index contributed by atoms with van der Waals surface area (Å²) >= 11 is 1.41. The number of nitrogens with zero attached hydrogens (tertiary/aromatic N) is 1. The molecule has 0 unspecified atom stereocenters. The van der Waals surface area contributed by atoms with Crippen LogP contribution in [0.3, 0.4) is 0 Å². The van der Waals surface area contributed by atoms with Gasteiger partial charge in [0.25, 0.3) is 11.8 Å². The first-order valence-electron chi connectivity index (χ1n) is 8.07. The maximum absolute atomic E-state index is 13.5. The minimum atomic E-state index is -0.825. The third-order valence-electron chi connectivity index (χ3n) is 3.45. The van der Waals surface area contributed by atoms with Crippen molar-refractivity contribution in [2.75, 3.05) is 6.61 Å². The average Bonchev–Trinajstić information content (AvgIpc) is 3.12. The molecule has 3 aromatic rings. The first kappa shape index (κ1) is 19.2. The topological polar surface area (TPSA) is 97.4 Å². The second kappa shape index (κ2) is 8.87. The van der Waals surface area contributed by atoms with E-state index in [4.69, 9.17) is 4.74 Å². The van der Waals surface area contributed by atoms with Crippen LogP contribution in [0.5, 0.6) is 0 Å². The maximum Gasteiger partial charge on any atom is 0.331 e. The van der Waals surface area contributed by atoms with Gasteiger partial charge in [0.15, 0.2) is 6.61 Å². The van der Waals surface area contributed by atoms with E-state index in [9.17, 15) is 18.8 Å². The van der Waals surface area contributed by atoms with Crippen molar-refractivity contribution < 1.29 is 23.5 Å². The van der Waals surface area contributed by atoms with Crippen LogP contribution in [0, 0.1) is 5.82 Å². The highest BCUT2D eigenvalue weighted by Gasteiger charge is 2.12. The molecule has 3 rings (SSSR count). The fourth-order valence-corrected chi connectivity index (χ4v) is 3.03. The summed E-state index contributed by atoms with van der Waals surface area (Å²) in [4.78, 5) is 39.4. The third-order valence-corrected chi connectivity index (χ3v) is 4.45. The first-order chi connectivity index (χ1) is 13.5. The Morgan fingerprint density at radius 1 is 1.07 bits per heavy atom. The zero-order valence-corrected chi connectivity index (χ0v) is 15.2. The predicted molar refractivity (Wildman–Crippen MR) is 102 cm³/mol. The number of nitrogens with one attached hydrogen (secondary N) is 2. The van der Waals surface area contributed by atoms with Gasteiger partial charge in [-0.1, -0.05) is 24.3 Å². The molecule has 142 valence electrons. The fourth-order valence-electron chi connectivity index (χ4n) is 2.16. The summed E-state index contributed by atoms with van der Waals surface area (Å²) in [6.45, 7) is -0.611. The quantitative estimate of drug-likeness (QED) is 0.390. The van der Waals surface area contributed by atoms with Gasteiger partial charge < -0.3 is 4.74 Å².